The first-order valence-electron chi connectivity index (χ1n) is 6.54. The number of aromatic amines is 1. The van der Waals surface area contributed by atoms with Crippen molar-refractivity contribution in [2.75, 3.05) is 5.32 Å². The van der Waals surface area contributed by atoms with Gasteiger partial charge in [0.05, 0.1) is 11.2 Å². The number of carbonyl (C=O) groups is 1. The number of nitrogens with zero attached hydrogens (tertiary/aromatic N) is 1. The summed E-state index contributed by atoms with van der Waals surface area (Å²) in [7, 11) is 0. The van der Waals surface area contributed by atoms with E-state index in [1.165, 1.54) is 11.3 Å². The number of H-pyrrole nitrogens is 1. The lowest BCUT2D eigenvalue weighted by atomic mass is 10.1. The van der Waals surface area contributed by atoms with Crippen molar-refractivity contribution in [1.82, 2.24) is 9.97 Å². The fourth-order valence-electron chi connectivity index (χ4n) is 1.98. The van der Waals surface area contributed by atoms with E-state index in [0.717, 1.165) is 17.7 Å². The Morgan fingerprint density at radius 1 is 1.48 bits per heavy atom. The monoisotopic (exact) mass is 303 g/mol. The maximum absolute atomic E-state index is 11.5. The predicted molar refractivity (Wildman–Crippen MR) is 81.5 cm³/mol. The van der Waals surface area contributed by atoms with E-state index in [-0.39, 0.29) is 5.91 Å². The Morgan fingerprint density at radius 3 is 3.14 bits per heavy atom. The first kappa shape index (κ1) is 13.6. The van der Waals surface area contributed by atoms with Gasteiger partial charge in [-0.05, 0) is 18.6 Å². The lowest BCUT2D eigenvalue weighted by molar-refractivity contribution is -0.116. The molecule has 2 heterocycles. The molecule has 0 saturated heterocycles. The topological polar surface area (TPSA) is 88.0 Å². The van der Waals surface area contributed by atoms with Crippen molar-refractivity contribution in [3.8, 4) is 11.3 Å². The summed E-state index contributed by atoms with van der Waals surface area (Å²) in [5, 5.41) is 5.19. The summed E-state index contributed by atoms with van der Waals surface area (Å²) in [5.74, 6) is -0.515. The van der Waals surface area contributed by atoms with Crippen LogP contribution in [0.3, 0.4) is 0 Å². The molecule has 1 aromatic carbocycles. The second-order valence-corrected chi connectivity index (χ2v) is 5.42. The number of aromatic nitrogens is 2. The molecule has 1 amide bonds. The Balaban J connectivity index is 1.87. The molecular weight excluding hydrogens is 290 g/mol. The Hall–Kier alpha value is -2.41. The average molecular weight is 303 g/mol. The van der Waals surface area contributed by atoms with Crippen LogP contribution in [0.4, 0.5) is 5.13 Å². The summed E-state index contributed by atoms with van der Waals surface area (Å²) >= 11 is 1.37. The van der Waals surface area contributed by atoms with Gasteiger partial charge in [0.15, 0.2) is 10.7 Å². The second-order valence-electron chi connectivity index (χ2n) is 4.56. The van der Waals surface area contributed by atoms with Crippen molar-refractivity contribution in [2.45, 2.75) is 19.8 Å². The van der Waals surface area contributed by atoms with E-state index in [1.54, 1.807) is 12.1 Å². The van der Waals surface area contributed by atoms with Gasteiger partial charge in [0.1, 0.15) is 0 Å². The largest absolute Gasteiger partial charge is 0.417 e. The minimum Gasteiger partial charge on any atom is -0.408 e. The number of hydrogen-bond donors (Lipinski definition) is 2. The highest BCUT2D eigenvalue weighted by molar-refractivity contribution is 7.14. The van der Waals surface area contributed by atoms with Gasteiger partial charge in [-0.2, -0.15) is 0 Å². The van der Waals surface area contributed by atoms with Crippen LogP contribution in [0.25, 0.3) is 22.4 Å². The zero-order valence-corrected chi connectivity index (χ0v) is 12.1. The number of rotatable bonds is 4. The lowest BCUT2D eigenvalue weighted by Crippen LogP contribution is -2.10. The zero-order chi connectivity index (χ0) is 14.8. The molecule has 2 N–H and O–H groups in total. The lowest BCUT2D eigenvalue weighted by Gasteiger charge is -1.99. The van der Waals surface area contributed by atoms with Crippen LogP contribution >= 0.6 is 11.3 Å². The van der Waals surface area contributed by atoms with Gasteiger partial charge in [-0.1, -0.05) is 13.0 Å². The van der Waals surface area contributed by atoms with Crippen molar-refractivity contribution in [3.05, 3.63) is 34.1 Å². The Kier molecular flexibility index (Phi) is 3.57. The summed E-state index contributed by atoms with van der Waals surface area (Å²) < 4.78 is 5.03. The number of carbonyl (C=O) groups excluding carboxylic acids is 1. The third-order valence-corrected chi connectivity index (χ3v) is 3.70. The van der Waals surface area contributed by atoms with E-state index >= 15 is 0 Å². The smallest absolute Gasteiger partial charge is 0.408 e. The van der Waals surface area contributed by atoms with Crippen LogP contribution in [-0.4, -0.2) is 15.9 Å². The van der Waals surface area contributed by atoms with Crippen molar-refractivity contribution in [3.63, 3.8) is 0 Å². The van der Waals surface area contributed by atoms with Crippen LogP contribution in [0.2, 0.25) is 0 Å². The highest BCUT2D eigenvalue weighted by Gasteiger charge is 2.09. The highest BCUT2D eigenvalue weighted by Crippen LogP contribution is 2.27. The van der Waals surface area contributed by atoms with Crippen LogP contribution in [0.15, 0.2) is 32.8 Å². The van der Waals surface area contributed by atoms with Gasteiger partial charge < -0.3 is 9.73 Å². The molecule has 0 spiro atoms. The molecule has 0 fully saturated rings. The van der Waals surface area contributed by atoms with Crippen LogP contribution in [0.5, 0.6) is 0 Å². The summed E-state index contributed by atoms with van der Waals surface area (Å²) in [6, 6.07) is 5.37. The van der Waals surface area contributed by atoms with Crippen molar-refractivity contribution in [1.29, 1.82) is 0 Å². The molecule has 0 aliphatic heterocycles. The minimum atomic E-state index is -0.479. The number of anilines is 1. The first-order valence-corrected chi connectivity index (χ1v) is 7.42. The standard InChI is InChI=1S/C14H13N3O3S/c1-2-3-12(18)17-13-15-10(7-21-13)8-4-5-9-11(6-8)20-14(19)16-9/h4-7H,2-3H2,1H3,(H,16,19)(H,15,17,18). The molecule has 3 rings (SSSR count). The number of fused-ring (bicyclic) bond motifs is 1. The molecule has 0 unspecified atom stereocenters. The van der Waals surface area contributed by atoms with Gasteiger partial charge in [0.25, 0.3) is 0 Å². The number of thiazole rings is 1. The number of benzene rings is 1. The molecule has 6 nitrogen and oxygen atoms in total. The number of oxazole rings is 1. The SMILES string of the molecule is CCCC(=O)Nc1nc(-c2ccc3[nH]c(=O)oc3c2)cs1. The molecule has 0 radical (unpaired) electrons. The third-order valence-electron chi connectivity index (χ3n) is 2.94. The Bertz CT molecular complexity index is 846. The van der Waals surface area contributed by atoms with E-state index in [2.05, 4.69) is 15.3 Å². The van der Waals surface area contributed by atoms with Crippen LogP contribution in [0.1, 0.15) is 19.8 Å². The molecule has 0 atom stereocenters. The minimum absolute atomic E-state index is 0.0366. The number of amides is 1. The summed E-state index contributed by atoms with van der Waals surface area (Å²) in [6.07, 6.45) is 1.28. The third kappa shape index (κ3) is 2.87. The van der Waals surface area contributed by atoms with Gasteiger partial charge in [-0.25, -0.2) is 9.78 Å². The van der Waals surface area contributed by atoms with Crippen LogP contribution < -0.4 is 11.1 Å². The molecule has 108 valence electrons. The van der Waals surface area contributed by atoms with E-state index in [0.29, 0.717) is 22.7 Å². The first-order chi connectivity index (χ1) is 10.2. The Morgan fingerprint density at radius 2 is 2.33 bits per heavy atom. The summed E-state index contributed by atoms with van der Waals surface area (Å²) in [6.45, 7) is 1.95. The van der Waals surface area contributed by atoms with E-state index < -0.39 is 5.76 Å². The molecule has 0 saturated carbocycles. The second kappa shape index (κ2) is 5.53. The van der Waals surface area contributed by atoms with Gasteiger partial charge >= 0.3 is 5.76 Å². The van der Waals surface area contributed by atoms with E-state index in [4.69, 9.17) is 4.42 Å². The zero-order valence-electron chi connectivity index (χ0n) is 11.3. The molecule has 3 aromatic rings. The number of hydrogen-bond acceptors (Lipinski definition) is 5. The Labute approximate surface area is 123 Å². The van der Waals surface area contributed by atoms with Crippen LogP contribution in [-0.2, 0) is 4.79 Å². The quantitative estimate of drug-likeness (QED) is 0.775. The average Bonchev–Trinajstić information content (AvgIpc) is 3.03. The van der Waals surface area contributed by atoms with Gasteiger partial charge in [0, 0.05) is 17.4 Å². The molecule has 21 heavy (non-hydrogen) atoms. The molecular formula is C14H13N3O3S. The fraction of sp³-hybridized carbons (Fsp3) is 0.214. The molecule has 7 heteroatoms. The van der Waals surface area contributed by atoms with E-state index in [9.17, 15) is 9.59 Å². The van der Waals surface area contributed by atoms with E-state index in [1.807, 2.05) is 18.4 Å². The van der Waals surface area contributed by atoms with Crippen molar-refractivity contribution in [2.24, 2.45) is 0 Å². The van der Waals surface area contributed by atoms with Gasteiger partial charge in [-0.15, -0.1) is 11.3 Å². The summed E-state index contributed by atoms with van der Waals surface area (Å²) in [5.41, 5.74) is 2.70. The summed E-state index contributed by atoms with van der Waals surface area (Å²) in [4.78, 5) is 29.6. The number of nitrogens with one attached hydrogen (secondary N) is 2. The molecule has 0 aliphatic carbocycles. The molecule has 0 aliphatic rings. The maximum Gasteiger partial charge on any atom is 0.417 e. The van der Waals surface area contributed by atoms with Crippen molar-refractivity contribution >= 4 is 33.5 Å². The molecule has 0 bridgehead atoms. The maximum atomic E-state index is 11.5. The van der Waals surface area contributed by atoms with Gasteiger partial charge in [0.2, 0.25) is 5.91 Å². The predicted octanol–water partition coefficient (Wildman–Crippen LogP) is 2.98. The highest BCUT2D eigenvalue weighted by atomic mass is 32.1. The van der Waals surface area contributed by atoms with Gasteiger partial charge in [-0.3, -0.25) is 9.78 Å². The fourth-order valence-corrected chi connectivity index (χ4v) is 2.71. The van der Waals surface area contributed by atoms with Crippen molar-refractivity contribution < 1.29 is 9.21 Å². The molecule has 2 aromatic heterocycles. The van der Waals surface area contributed by atoms with Crippen LogP contribution in [0, 0.1) is 0 Å². The normalized spacial score (nSPS) is 10.9.